The van der Waals surface area contributed by atoms with Crippen LogP contribution in [0.2, 0.25) is 0 Å². The van der Waals surface area contributed by atoms with Crippen molar-refractivity contribution in [2.24, 2.45) is 0 Å². The SMILES string of the molecule is CCCCc1ccc(-c2cc(N)ccc2-c2ccc(N)cc2)cc1. The molecule has 0 aliphatic rings. The highest BCUT2D eigenvalue weighted by Gasteiger charge is 2.08. The van der Waals surface area contributed by atoms with Crippen molar-refractivity contribution in [3.8, 4) is 22.3 Å². The van der Waals surface area contributed by atoms with E-state index in [0.29, 0.717) is 0 Å². The summed E-state index contributed by atoms with van der Waals surface area (Å²) in [5.74, 6) is 0. The molecule has 2 nitrogen and oxygen atoms in total. The van der Waals surface area contributed by atoms with E-state index in [-0.39, 0.29) is 0 Å². The van der Waals surface area contributed by atoms with E-state index in [0.717, 1.165) is 28.9 Å². The van der Waals surface area contributed by atoms with Crippen LogP contribution in [0.4, 0.5) is 11.4 Å². The smallest absolute Gasteiger partial charge is 0.0320 e. The fourth-order valence-corrected chi connectivity index (χ4v) is 2.95. The zero-order valence-corrected chi connectivity index (χ0v) is 14.1. The Bertz CT molecular complexity index is 802. The molecule has 0 atom stereocenters. The third kappa shape index (κ3) is 3.60. The molecule has 0 radical (unpaired) electrons. The molecule has 3 aromatic carbocycles. The van der Waals surface area contributed by atoms with Gasteiger partial charge in [-0.3, -0.25) is 0 Å². The predicted molar refractivity (Wildman–Crippen MR) is 105 cm³/mol. The molecule has 3 rings (SSSR count). The van der Waals surface area contributed by atoms with Crippen LogP contribution in [0, 0.1) is 0 Å². The highest BCUT2D eigenvalue weighted by molar-refractivity contribution is 5.85. The molecule has 122 valence electrons. The summed E-state index contributed by atoms with van der Waals surface area (Å²) in [7, 11) is 0. The normalized spacial score (nSPS) is 10.7. The maximum atomic E-state index is 6.04. The minimum atomic E-state index is 0.774. The Morgan fingerprint density at radius 3 is 1.92 bits per heavy atom. The Labute approximate surface area is 144 Å². The van der Waals surface area contributed by atoms with Crippen molar-refractivity contribution in [1.82, 2.24) is 0 Å². The van der Waals surface area contributed by atoms with E-state index >= 15 is 0 Å². The lowest BCUT2D eigenvalue weighted by Gasteiger charge is -2.12. The summed E-state index contributed by atoms with van der Waals surface area (Å²) in [6.07, 6.45) is 3.59. The van der Waals surface area contributed by atoms with Gasteiger partial charge in [0.05, 0.1) is 0 Å². The molecule has 0 saturated carbocycles. The number of hydrogen-bond acceptors (Lipinski definition) is 2. The van der Waals surface area contributed by atoms with Crippen molar-refractivity contribution in [2.45, 2.75) is 26.2 Å². The molecule has 0 heterocycles. The Morgan fingerprint density at radius 2 is 1.25 bits per heavy atom. The molecule has 0 aromatic heterocycles. The second kappa shape index (κ2) is 7.22. The first kappa shape index (κ1) is 16.1. The number of nitrogens with two attached hydrogens (primary N) is 2. The molecule has 0 fully saturated rings. The molecule has 3 aromatic rings. The van der Waals surface area contributed by atoms with E-state index in [4.69, 9.17) is 11.5 Å². The highest BCUT2D eigenvalue weighted by atomic mass is 14.5. The first-order chi connectivity index (χ1) is 11.7. The Kier molecular flexibility index (Phi) is 4.85. The van der Waals surface area contributed by atoms with Gasteiger partial charge in [-0.1, -0.05) is 55.8 Å². The topological polar surface area (TPSA) is 52.0 Å². The molecule has 2 heteroatoms. The number of unbranched alkanes of at least 4 members (excludes halogenated alkanes) is 1. The van der Waals surface area contributed by atoms with Gasteiger partial charge in [-0.15, -0.1) is 0 Å². The van der Waals surface area contributed by atoms with Crippen LogP contribution >= 0.6 is 0 Å². The average Bonchev–Trinajstić information content (AvgIpc) is 2.61. The lowest BCUT2D eigenvalue weighted by molar-refractivity contribution is 0.795. The number of hydrogen-bond donors (Lipinski definition) is 2. The third-order valence-electron chi connectivity index (χ3n) is 4.35. The van der Waals surface area contributed by atoms with E-state index in [1.807, 2.05) is 24.3 Å². The highest BCUT2D eigenvalue weighted by Crippen LogP contribution is 2.34. The quantitative estimate of drug-likeness (QED) is 0.608. The van der Waals surface area contributed by atoms with Crippen LogP contribution in [-0.4, -0.2) is 0 Å². The van der Waals surface area contributed by atoms with Crippen LogP contribution in [-0.2, 0) is 6.42 Å². The standard InChI is InChI=1S/C22H24N2/c1-2-3-4-16-5-7-18(8-6-16)22-15-20(24)13-14-21(22)17-9-11-19(23)12-10-17/h5-15H,2-4,23-24H2,1H3. The second-order valence-corrected chi connectivity index (χ2v) is 6.23. The summed E-state index contributed by atoms with van der Waals surface area (Å²) in [6.45, 7) is 2.22. The molecule has 0 aliphatic heterocycles. The minimum Gasteiger partial charge on any atom is -0.399 e. The fraction of sp³-hybridized carbons (Fsp3) is 0.182. The lowest BCUT2D eigenvalue weighted by Crippen LogP contribution is -1.91. The van der Waals surface area contributed by atoms with Crippen molar-refractivity contribution in [3.63, 3.8) is 0 Å². The Morgan fingerprint density at radius 1 is 0.667 bits per heavy atom. The summed E-state index contributed by atoms with van der Waals surface area (Å²) in [5, 5.41) is 0. The van der Waals surface area contributed by atoms with Gasteiger partial charge in [0, 0.05) is 11.4 Å². The monoisotopic (exact) mass is 316 g/mol. The second-order valence-electron chi connectivity index (χ2n) is 6.23. The molecular formula is C22H24N2. The van der Waals surface area contributed by atoms with Crippen LogP contribution < -0.4 is 11.5 Å². The molecule has 24 heavy (non-hydrogen) atoms. The van der Waals surface area contributed by atoms with Crippen molar-refractivity contribution in [3.05, 3.63) is 72.3 Å². The number of nitrogen functional groups attached to an aromatic ring is 2. The molecular weight excluding hydrogens is 292 g/mol. The van der Waals surface area contributed by atoms with E-state index in [9.17, 15) is 0 Å². The van der Waals surface area contributed by atoms with Gasteiger partial charge in [-0.2, -0.15) is 0 Å². The Hall–Kier alpha value is -2.74. The third-order valence-corrected chi connectivity index (χ3v) is 4.35. The molecule has 0 aliphatic carbocycles. The first-order valence-corrected chi connectivity index (χ1v) is 8.52. The van der Waals surface area contributed by atoms with Crippen LogP contribution in [0.15, 0.2) is 66.7 Å². The van der Waals surface area contributed by atoms with Crippen LogP contribution in [0.25, 0.3) is 22.3 Å². The van der Waals surface area contributed by atoms with Crippen LogP contribution in [0.1, 0.15) is 25.3 Å². The molecule has 0 bridgehead atoms. The van der Waals surface area contributed by atoms with Crippen molar-refractivity contribution < 1.29 is 0 Å². The molecule has 0 amide bonds. The van der Waals surface area contributed by atoms with Crippen molar-refractivity contribution >= 4 is 11.4 Å². The number of aryl methyl sites for hydroxylation is 1. The largest absolute Gasteiger partial charge is 0.399 e. The van der Waals surface area contributed by atoms with E-state index in [1.54, 1.807) is 0 Å². The summed E-state index contributed by atoms with van der Waals surface area (Å²) >= 11 is 0. The zero-order valence-electron chi connectivity index (χ0n) is 14.1. The zero-order chi connectivity index (χ0) is 16.9. The molecule has 4 N–H and O–H groups in total. The number of benzene rings is 3. The van der Waals surface area contributed by atoms with Crippen LogP contribution in [0.5, 0.6) is 0 Å². The van der Waals surface area contributed by atoms with Crippen LogP contribution in [0.3, 0.4) is 0 Å². The van der Waals surface area contributed by atoms with E-state index < -0.39 is 0 Å². The number of rotatable bonds is 5. The van der Waals surface area contributed by atoms with Gasteiger partial charge in [0.1, 0.15) is 0 Å². The van der Waals surface area contributed by atoms with Gasteiger partial charge in [-0.25, -0.2) is 0 Å². The minimum absolute atomic E-state index is 0.774. The molecule has 0 spiro atoms. The summed E-state index contributed by atoms with van der Waals surface area (Å²) < 4.78 is 0. The van der Waals surface area contributed by atoms with Gasteiger partial charge in [0.2, 0.25) is 0 Å². The van der Waals surface area contributed by atoms with Gasteiger partial charge in [0.25, 0.3) is 0 Å². The summed E-state index contributed by atoms with van der Waals surface area (Å²) in [4.78, 5) is 0. The average molecular weight is 316 g/mol. The molecule has 0 unspecified atom stereocenters. The van der Waals surface area contributed by atoms with E-state index in [2.05, 4.69) is 49.4 Å². The van der Waals surface area contributed by atoms with Gasteiger partial charge < -0.3 is 11.5 Å². The van der Waals surface area contributed by atoms with Gasteiger partial charge in [-0.05, 0) is 64.9 Å². The van der Waals surface area contributed by atoms with Gasteiger partial charge in [0.15, 0.2) is 0 Å². The van der Waals surface area contributed by atoms with Gasteiger partial charge >= 0.3 is 0 Å². The maximum absolute atomic E-state index is 6.04. The van der Waals surface area contributed by atoms with Crippen molar-refractivity contribution in [1.29, 1.82) is 0 Å². The van der Waals surface area contributed by atoms with E-state index in [1.165, 1.54) is 29.5 Å². The summed E-state index contributed by atoms with van der Waals surface area (Å²) in [6, 6.07) is 22.9. The maximum Gasteiger partial charge on any atom is 0.0320 e. The number of anilines is 2. The predicted octanol–water partition coefficient (Wildman–Crippen LogP) is 5.53. The Balaban J connectivity index is 2.00. The van der Waals surface area contributed by atoms with Crippen molar-refractivity contribution in [2.75, 3.05) is 11.5 Å². The lowest BCUT2D eigenvalue weighted by atomic mass is 9.93. The first-order valence-electron chi connectivity index (χ1n) is 8.52. The fourth-order valence-electron chi connectivity index (χ4n) is 2.95. The summed E-state index contributed by atoms with van der Waals surface area (Å²) in [5.41, 5.74) is 19.5. The molecule has 0 saturated heterocycles.